The van der Waals surface area contributed by atoms with Gasteiger partial charge in [0.15, 0.2) is 0 Å². The lowest BCUT2D eigenvalue weighted by molar-refractivity contribution is -0.149. The van der Waals surface area contributed by atoms with E-state index >= 15 is 0 Å². The predicted molar refractivity (Wildman–Crippen MR) is 95.4 cm³/mol. The number of rotatable bonds is 4. The molecule has 0 bridgehead atoms. The highest BCUT2D eigenvalue weighted by Gasteiger charge is 2.35. The van der Waals surface area contributed by atoms with Crippen LogP contribution in [0, 0.1) is 5.92 Å². The maximum Gasteiger partial charge on any atom is 0.407 e. The first-order valence-electron chi connectivity index (χ1n) is 9.38. The fourth-order valence-electron chi connectivity index (χ4n) is 3.52. The number of hydrogen-bond acceptors (Lipinski definition) is 5. The summed E-state index contributed by atoms with van der Waals surface area (Å²) in [6.07, 6.45) is 4.39. The Morgan fingerprint density at radius 2 is 1.77 bits per heavy atom. The number of carbonyl (C=O) groups is 3. The number of likely N-dealkylation sites (tertiary alicyclic amines) is 1. The first kappa shape index (κ1) is 20.3. The second-order valence-corrected chi connectivity index (χ2v) is 8.18. The molecule has 0 aromatic carbocycles. The summed E-state index contributed by atoms with van der Waals surface area (Å²) in [6.45, 7) is 6.36. The van der Waals surface area contributed by atoms with E-state index in [-0.39, 0.29) is 24.0 Å². The van der Waals surface area contributed by atoms with Gasteiger partial charge in [-0.05, 0) is 65.2 Å². The molecule has 1 heterocycles. The number of hydrogen-bond donors (Lipinski definition) is 2. The monoisotopic (exact) mass is 369 g/mol. The highest BCUT2D eigenvalue weighted by atomic mass is 16.6. The SMILES string of the molecule is CC(C)(C)OC(=O)NC1CCC(COC(=O)[C@@H]2CCCN2C(N)=O)CC1. The maximum absolute atomic E-state index is 12.2. The van der Waals surface area contributed by atoms with E-state index < -0.39 is 17.7 Å². The zero-order valence-electron chi connectivity index (χ0n) is 16.0. The zero-order chi connectivity index (χ0) is 19.3. The molecule has 3 N–H and O–H groups in total. The van der Waals surface area contributed by atoms with Crippen molar-refractivity contribution in [2.75, 3.05) is 13.2 Å². The number of nitrogens with one attached hydrogen (secondary N) is 1. The van der Waals surface area contributed by atoms with Gasteiger partial charge >= 0.3 is 18.1 Å². The molecule has 1 saturated heterocycles. The van der Waals surface area contributed by atoms with Crippen LogP contribution in [0.5, 0.6) is 0 Å². The number of carbonyl (C=O) groups excluding carboxylic acids is 3. The standard InChI is InChI=1S/C18H31N3O5/c1-18(2,3)26-17(24)20-13-8-6-12(7-9-13)11-25-15(22)14-5-4-10-21(14)16(19)23/h12-14H,4-11H2,1-3H3,(H2,19,23)(H,20,24)/t12?,13?,14-/m0/s1. The van der Waals surface area contributed by atoms with Crippen LogP contribution in [0.4, 0.5) is 9.59 Å². The molecule has 1 saturated carbocycles. The number of amides is 3. The van der Waals surface area contributed by atoms with Crippen molar-refractivity contribution in [3.8, 4) is 0 Å². The third-order valence-corrected chi connectivity index (χ3v) is 4.84. The highest BCUT2D eigenvalue weighted by Crippen LogP contribution is 2.26. The fraction of sp³-hybridized carbons (Fsp3) is 0.833. The first-order chi connectivity index (χ1) is 12.2. The molecule has 8 nitrogen and oxygen atoms in total. The topological polar surface area (TPSA) is 111 Å². The van der Waals surface area contributed by atoms with E-state index in [0.717, 1.165) is 32.1 Å². The van der Waals surface area contributed by atoms with Gasteiger partial charge < -0.3 is 25.4 Å². The van der Waals surface area contributed by atoms with Crippen LogP contribution in [0.3, 0.4) is 0 Å². The molecule has 0 aromatic heterocycles. The van der Waals surface area contributed by atoms with E-state index in [9.17, 15) is 14.4 Å². The van der Waals surface area contributed by atoms with Crippen LogP contribution < -0.4 is 11.1 Å². The van der Waals surface area contributed by atoms with Gasteiger partial charge in [0.1, 0.15) is 11.6 Å². The number of nitrogens with zero attached hydrogens (tertiary/aromatic N) is 1. The molecule has 2 fully saturated rings. The van der Waals surface area contributed by atoms with Crippen molar-refractivity contribution >= 4 is 18.1 Å². The minimum absolute atomic E-state index is 0.0944. The summed E-state index contributed by atoms with van der Waals surface area (Å²) in [5.74, 6) is -0.0885. The van der Waals surface area contributed by atoms with Crippen LogP contribution in [0.1, 0.15) is 59.3 Å². The summed E-state index contributed by atoms with van der Waals surface area (Å²) in [4.78, 5) is 36.7. The maximum atomic E-state index is 12.2. The molecule has 1 aliphatic carbocycles. The quantitative estimate of drug-likeness (QED) is 0.738. The molecule has 8 heteroatoms. The van der Waals surface area contributed by atoms with Crippen LogP contribution in [0.2, 0.25) is 0 Å². The van der Waals surface area contributed by atoms with Crippen molar-refractivity contribution in [3.05, 3.63) is 0 Å². The van der Waals surface area contributed by atoms with Gasteiger partial charge in [-0.25, -0.2) is 14.4 Å². The largest absolute Gasteiger partial charge is 0.464 e. The van der Waals surface area contributed by atoms with E-state index in [1.165, 1.54) is 4.90 Å². The van der Waals surface area contributed by atoms with Gasteiger partial charge in [-0.3, -0.25) is 0 Å². The first-order valence-corrected chi connectivity index (χ1v) is 9.38. The minimum atomic E-state index is -0.571. The van der Waals surface area contributed by atoms with Gasteiger partial charge in [0.25, 0.3) is 0 Å². The normalized spacial score (nSPS) is 26.3. The van der Waals surface area contributed by atoms with Crippen molar-refractivity contribution in [1.82, 2.24) is 10.2 Å². The van der Waals surface area contributed by atoms with Gasteiger partial charge in [0.05, 0.1) is 6.61 Å². The zero-order valence-corrected chi connectivity index (χ0v) is 16.0. The van der Waals surface area contributed by atoms with E-state index in [0.29, 0.717) is 19.6 Å². The Balaban J connectivity index is 1.68. The van der Waals surface area contributed by atoms with Gasteiger partial charge in [0, 0.05) is 12.6 Å². The Morgan fingerprint density at radius 3 is 2.35 bits per heavy atom. The smallest absolute Gasteiger partial charge is 0.407 e. The number of ether oxygens (including phenoxy) is 2. The van der Waals surface area contributed by atoms with Crippen molar-refractivity contribution in [2.24, 2.45) is 11.7 Å². The fourth-order valence-corrected chi connectivity index (χ4v) is 3.52. The van der Waals surface area contributed by atoms with E-state index in [2.05, 4.69) is 5.32 Å². The minimum Gasteiger partial charge on any atom is -0.464 e. The Kier molecular flexibility index (Phi) is 6.72. The molecule has 2 rings (SSSR count). The van der Waals surface area contributed by atoms with E-state index in [4.69, 9.17) is 15.2 Å². The summed E-state index contributed by atoms with van der Waals surface area (Å²) in [5, 5.41) is 2.90. The number of urea groups is 1. The molecule has 2 aliphatic rings. The van der Waals surface area contributed by atoms with Crippen molar-refractivity contribution in [2.45, 2.75) is 77.0 Å². The molecule has 3 amide bonds. The molecular weight excluding hydrogens is 338 g/mol. The molecule has 26 heavy (non-hydrogen) atoms. The van der Waals surface area contributed by atoms with Crippen LogP contribution in [-0.2, 0) is 14.3 Å². The van der Waals surface area contributed by atoms with E-state index in [1.807, 2.05) is 20.8 Å². The number of esters is 1. The molecule has 0 unspecified atom stereocenters. The molecule has 0 spiro atoms. The Bertz CT molecular complexity index is 523. The van der Waals surface area contributed by atoms with Crippen LogP contribution in [-0.4, -0.2) is 53.8 Å². The van der Waals surface area contributed by atoms with Crippen LogP contribution in [0.25, 0.3) is 0 Å². The molecule has 148 valence electrons. The summed E-state index contributed by atoms with van der Waals surface area (Å²) in [5.41, 5.74) is 4.79. The lowest BCUT2D eigenvalue weighted by Gasteiger charge is -2.30. The summed E-state index contributed by atoms with van der Waals surface area (Å²) in [6, 6.07) is -1.02. The third-order valence-electron chi connectivity index (χ3n) is 4.84. The van der Waals surface area contributed by atoms with Gasteiger partial charge in [0.2, 0.25) is 0 Å². The second kappa shape index (κ2) is 8.60. The molecule has 0 radical (unpaired) electrons. The number of primary amides is 1. The number of alkyl carbamates (subject to hydrolysis) is 1. The Morgan fingerprint density at radius 1 is 1.12 bits per heavy atom. The van der Waals surface area contributed by atoms with Gasteiger partial charge in [-0.2, -0.15) is 0 Å². The van der Waals surface area contributed by atoms with Gasteiger partial charge in [-0.15, -0.1) is 0 Å². The molecule has 0 aromatic rings. The Hall–Kier alpha value is -1.99. The molecule has 1 aliphatic heterocycles. The van der Waals surface area contributed by atoms with Crippen LogP contribution in [0.15, 0.2) is 0 Å². The average molecular weight is 369 g/mol. The van der Waals surface area contributed by atoms with Crippen molar-refractivity contribution in [1.29, 1.82) is 0 Å². The van der Waals surface area contributed by atoms with Crippen LogP contribution >= 0.6 is 0 Å². The summed E-state index contributed by atoms with van der Waals surface area (Å²) in [7, 11) is 0. The van der Waals surface area contributed by atoms with Gasteiger partial charge in [-0.1, -0.05) is 0 Å². The highest BCUT2D eigenvalue weighted by molar-refractivity contribution is 5.83. The van der Waals surface area contributed by atoms with Crippen molar-refractivity contribution < 1.29 is 23.9 Å². The molecule has 1 atom stereocenters. The van der Waals surface area contributed by atoms with Crippen molar-refractivity contribution in [3.63, 3.8) is 0 Å². The Labute approximate surface area is 154 Å². The predicted octanol–water partition coefficient (Wildman–Crippen LogP) is 2.16. The second-order valence-electron chi connectivity index (χ2n) is 8.18. The average Bonchev–Trinajstić information content (AvgIpc) is 3.02. The lowest BCUT2D eigenvalue weighted by atomic mass is 9.86. The third kappa shape index (κ3) is 6.07. The number of nitrogens with two attached hydrogens (primary N) is 1. The molecular formula is C18H31N3O5. The summed E-state index contributed by atoms with van der Waals surface area (Å²) < 4.78 is 10.7. The van der Waals surface area contributed by atoms with E-state index in [1.54, 1.807) is 0 Å². The lowest BCUT2D eigenvalue weighted by Crippen LogP contribution is -2.44. The summed E-state index contributed by atoms with van der Waals surface area (Å²) >= 11 is 0.